The van der Waals surface area contributed by atoms with E-state index in [1.54, 1.807) is 42.5 Å². The summed E-state index contributed by atoms with van der Waals surface area (Å²) in [5, 5.41) is 8.50. The lowest BCUT2D eigenvalue weighted by Crippen LogP contribution is -2.13. The second kappa shape index (κ2) is 6.03. The van der Waals surface area contributed by atoms with Crippen LogP contribution in [0, 0.1) is 0 Å². The molecule has 0 radical (unpaired) electrons. The van der Waals surface area contributed by atoms with Crippen molar-refractivity contribution >= 4 is 28.6 Å². The minimum atomic E-state index is -0.371. The van der Waals surface area contributed by atoms with Crippen LogP contribution in [0.2, 0.25) is 5.02 Å². The van der Waals surface area contributed by atoms with Crippen molar-refractivity contribution in [2.75, 3.05) is 7.11 Å². The van der Waals surface area contributed by atoms with Crippen molar-refractivity contribution in [3.63, 3.8) is 0 Å². The average molecular weight is 318 g/mol. The molecule has 0 saturated carbocycles. The van der Waals surface area contributed by atoms with E-state index in [0.717, 1.165) is 5.56 Å². The average Bonchev–Trinajstić information content (AvgIpc) is 2.95. The third-order valence-corrected chi connectivity index (χ3v) is 3.34. The summed E-state index contributed by atoms with van der Waals surface area (Å²) in [6.45, 7) is 0.284. The van der Waals surface area contributed by atoms with Gasteiger partial charge in [0.15, 0.2) is 0 Å². The van der Waals surface area contributed by atoms with Crippen LogP contribution < -0.4 is 4.84 Å². The Morgan fingerprint density at radius 2 is 2.00 bits per heavy atom. The van der Waals surface area contributed by atoms with Gasteiger partial charge in [0.2, 0.25) is 0 Å². The minimum absolute atomic E-state index is 0.284. The van der Waals surface area contributed by atoms with Crippen LogP contribution in [-0.4, -0.2) is 28.2 Å². The number of carbonyl (C=O) groups excluding carboxylic acids is 1. The molecule has 6 nitrogen and oxygen atoms in total. The molecular formula is C15H12ClN3O3. The number of rotatable bonds is 4. The Morgan fingerprint density at radius 3 is 2.73 bits per heavy atom. The van der Waals surface area contributed by atoms with Gasteiger partial charge >= 0.3 is 5.97 Å². The molecule has 3 rings (SSSR count). The van der Waals surface area contributed by atoms with Crippen LogP contribution in [0.15, 0.2) is 42.5 Å². The highest BCUT2D eigenvalue weighted by Gasteiger charge is 2.07. The standard InChI is InChI=1S/C15H12ClN3O3/c1-21-15(20)11-4-2-10(3-5-11)9-22-19-14-8-12(16)6-7-13(14)17-18-19/h2-8H,9H2,1H3. The number of ether oxygens (including phenoxy) is 1. The van der Waals surface area contributed by atoms with E-state index >= 15 is 0 Å². The number of esters is 1. The first-order valence-corrected chi connectivity index (χ1v) is 6.86. The summed E-state index contributed by atoms with van der Waals surface area (Å²) in [5.41, 5.74) is 2.77. The maximum atomic E-state index is 11.4. The number of hydrogen-bond acceptors (Lipinski definition) is 5. The van der Waals surface area contributed by atoms with Crippen molar-refractivity contribution in [2.45, 2.75) is 6.61 Å². The van der Waals surface area contributed by atoms with Gasteiger partial charge in [0.25, 0.3) is 0 Å². The Morgan fingerprint density at radius 1 is 1.23 bits per heavy atom. The number of carbonyl (C=O) groups is 1. The first-order chi connectivity index (χ1) is 10.7. The molecule has 0 aliphatic heterocycles. The Hall–Kier alpha value is -2.60. The molecule has 2 aromatic carbocycles. The number of methoxy groups -OCH3 is 1. The Kier molecular flexibility index (Phi) is 3.93. The lowest BCUT2D eigenvalue weighted by molar-refractivity contribution is 0.0600. The zero-order chi connectivity index (χ0) is 15.5. The van der Waals surface area contributed by atoms with E-state index in [1.165, 1.54) is 12.0 Å². The maximum absolute atomic E-state index is 11.4. The van der Waals surface area contributed by atoms with E-state index in [2.05, 4.69) is 15.0 Å². The molecule has 1 aromatic heterocycles. The molecule has 0 N–H and O–H groups in total. The van der Waals surface area contributed by atoms with Gasteiger partial charge < -0.3 is 9.57 Å². The Labute approximate surface area is 131 Å². The van der Waals surface area contributed by atoms with E-state index in [0.29, 0.717) is 21.6 Å². The van der Waals surface area contributed by atoms with Gasteiger partial charge in [-0.3, -0.25) is 0 Å². The van der Waals surface area contributed by atoms with Gasteiger partial charge in [-0.15, -0.1) is 5.10 Å². The van der Waals surface area contributed by atoms with Crippen LogP contribution in [0.3, 0.4) is 0 Å². The molecule has 0 unspecified atom stereocenters. The van der Waals surface area contributed by atoms with Crippen molar-refractivity contribution in [2.24, 2.45) is 0 Å². The van der Waals surface area contributed by atoms with Crippen molar-refractivity contribution in [3.8, 4) is 0 Å². The molecule has 1 heterocycles. The maximum Gasteiger partial charge on any atom is 0.337 e. The van der Waals surface area contributed by atoms with Crippen LogP contribution in [0.25, 0.3) is 11.0 Å². The Bertz CT molecular complexity index is 815. The van der Waals surface area contributed by atoms with E-state index in [9.17, 15) is 4.79 Å². The second-order valence-corrected chi connectivity index (χ2v) is 4.99. The SMILES string of the molecule is COC(=O)c1ccc(COn2nnc3ccc(Cl)cc32)cc1. The molecule has 7 heteroatoms. The normalized spacial score (nSPS) is 10.6. The number of aromatic nitrogens is 3. The van der Waals surface area contributed by atoms with E-state index in [1.807, 2.05) is 0 Å². The molecule has 0 atom stereocenters. The zero-order valence-corrected chi connectivity index (χ0v) is 12.4. The number of fused-ring (bicyclic) bond motifs is 1. The summed E-state index contributed by atoms with van der Waals surface area (Å²) in [5.74, 6) is -0.371. The third kappa shape index (κ3) is 2.87. The van der Waals surface area contributed by atoms with Crippen LogP contribution in [0.5, 0.6) is 0 Å². The van der Waals surface area contributed by atoms with E-state index in [4.69, 9.17) is 16.4 Å². The molecule has 0 aliphatic rings. The summed E-state index contributed by atoms with van der Waals surface area (Å²) in [6, 6.07) is 12.2. The summed E-state index contributed by atoms with van der Waals surface area (Å²) in [4.78, 5) is 18.3. The fourth-order valence-electron chi connectivity index (χ4n) is 1.96. The predicted octanol–water partition coefficient (Wildman–Crippen LogP) is 2.50. The first kappa shape index (κ1) is 14.3. The minimum Gasteiger partial charge on any atom is -0.465 e. The second-order valence-electron chi connectivity index (χ2n) is 4.56. The van der Waals surface area contributed by atoms with Crippen molar-refractivity contribution in [1.29, 1.82) is 0 Å². The largest absolute Gasteiger partial charge is 0.465 e. The number of hydrogen-bond donors (Lipinski definition) is 0. The lowest BCUT2D eigenvalue weighted by atomic mass is 10.1. The van der Waals surface area contributed by atoms with Crippen LogP contribution in [0.4, 0.5) is 0 Å². The third-order valence-electron chi connectivity index (χ3n) is 3.11. The van der Waals surface area contributed by atoms with Crippen molar-refractivity contribution < 1.29 is 14.4 Å². The topological polar surface area (TPSA) is 66.2 Å². The highest BCUT2D eigenvalue weighted by Crippen LogP contribution is 2.16. The summed E-state index contributed by atoms with van der Waals surface area (Å²) < 4.78 is 4.65. The van der Waals surface area contributed by atoms with E-state index in [-0.39, 0.29) is 12.6 Å². The van der Waals surface area contributed by atoms with Crippen LogP contribution in [0.1, 0.15) is 15.9 Å². The number of benzene rings is 2. The van der Waals surface area contributed by atoms with Crippen molar-refractivity contribution in [1.82, 2.24) is 15.2 Å². The summed E-state index contributed by atoms with van der Waals surface area (Å²) >= 11 is 5.96. The number of nitrogens with zero attached hydrogens (tertiary/aromatic N) is 3. The fraction of sp³-hybridized carbons (Fsp3) is 0.133. The molecule has 0 saturated heterocycles. The predicted molar refractivity (Wildman–Crippen MR) is 80.6 cm³/mol. The highest BCUT2D eigenvalue weighted by molar-refractivity contribution is 6.31. The van der Waals surface area contributed by atoms with Gasteiger partial charge in [-0.1, -0.05) is 28.6 Å². The van der Waals surface area contributed by atoms with Gasteiger partial charge in [0, 0.05) is 5.02 Å². The monoisotopic (exact) mass is 317 g/mol. The summed E-state index contributed by atoms with van der Waals surface area (Å²) in [7, 11) is 1.35. The lowest BCUT2D eigenvalue weighted by Gasteiger charge is -2.06. The van der Waals surface area contributed by atoms with E-state index < -0.39 is 0 Å². The molecule has 0 aliphatic carbocycles. The van der Waals surface area contributed by atoms with Gasteiger partial charge in [-0.25, -0.2) is 4.79 Å². The van der Waals surface area contributed by atoms with Crippen molar-refractivity contribution in [3.05, 3.63) is 58.6 Å². The highest BCUT2D eigenvalue weighted by atomic mass is 35.5. The van der Waals surface area contributed by atoms with Gasteiger partial charge in [-0.2, -0.15) is 0 Å². The Balaban J connectivity index is 1.74. The molecule has 0 amide bonds. The smallest absolute Gasteiger partial charge is 0.337 e. The molecule has 3 aromatic rings. The molecule has 0 spiro atoms. The quantitative estimate of drug-likeness (QED) is 0.692. The fourth-order valence-corrected chi connectivity index (χ4v) is 2.12. The van der Waals surface area contributed by atoms with Crippen LogP contribution in [-0.2, 0) is 11.3 Å². The molecule has 0 bridgehead atoms. The molecule has 0 fully saturated rings. The molecular weight excluding hydrogens is 306 g/mol. The van der Waals surface area contributed by atoms with Gasteiger partial charge in [0.05, 0.1) is 12.7 Å². The summed E-state index contributed by atoms with van der Waals surface area (Å²) in [6.07, 6.45) is 0. The zero-order valence-electron chi connectivity index (χ0n) is 11.7. The van der Waals surface area contributed by atoms with Crippen LogP contribution >= 0.6 is 11.6 Å². The number of halogens is 1. The molecule has 112 valence electrons. The van der Waals surface area contributed by atoms with Gasteiger partial charge in [0.1, 0.15) is 17.6 Å². The molecule has 22 heavy (non-hydrogen) atoms. The van der Waals surface area contributed by atoms with Gasteiger partial charge in [-0.05, 0) is 41.1 Å². The first-order valence-electron chi connectivity index (χ1n) is 6.49.